The number of carbonyl (C=O) groups excluding carboxylic acids is 1. The lowest BCUT2D eigenvalue weighted by Crippen LogP contribution is -1.92. The topological polar surface area (TPSA) is 30.2 Å². The molecule has 0 spiro atoms. The third kappa shape index (κ3) is 1.50. The molecule has 0 unspecified atom stereocenters. The average molecular weight is 152 g/mol. The van der Waals surface area contributed by atoms with Crippen LogP contribution < -0.4 is 0 Å². The second-order valence-electron chi connectivity index (χ2n) is 2.63. The Balaban J connectivity index is 2.97. The summed E-state index contributed by atoms with van der Waals surface area (Å²) in [5.74, 6) is 1.39. The molecule has 60 valence electrons. The van der Waals surface area contributed by atoms with E-state index in [1.807, 2.05) is 20.8 Å². The van der Waals surface area contributed by atoms with E-state index >= 15 is 0 Å². The Kier molecular flexibility index (Phi) is 2.13. The van der Waals surface area contributed by atoms with Crippen LogP contribution >= 0.6 is 0 Å². The molecule has 2 nitrogen and oxygen atoms in total. The van der Waals surface area contributed by atoms with Gasteiger partial charge in [-0.25, -0.2) is 0 Å². The number of aryl methyl sites for hydroxylation is 2. The van der Waals surface area contributed by atoms with Crippen molar-refractivity contribution >= 4 is 5.78 Å². The molecule has 0 aliphatic heterocycles. The monoisotopic (exact) mass is 152 g/mol. The van der Waals surface area contributed by atoms with E-state index in [2.05, 4.69) is 0 Å². The zero-order valence-corrected chi connectivity index (χ0v) is 7.10. The molecular weight excluding hydrogens is 140 g/mol. The molecule has 0 aliphatic rings. The molecule has 1 aromatic heterocycles. The van der Waals surface area contributed by atoms with Crippen LogP contribution in [0.1, 0.15) is 35.2 Å². The minimum absolute atomic E-state index is 0.0706. The molecule has 2 heteroatoms. The predicted molar refractivity (Wildman–Crippen MR) is 42.8 cm³/mol. The fourth-order valence-electron chi connectivity index (χ4n) is 0.885. The molecule has 0 N–H and O–H groups in total. The van der Waals surface area contributed by atoms with Gasteiger partial charge in [-0.2, -0.15) is 0 Å². The van der Waals surface area contributed by atoms with Crippen LogP contribution in [-0.2, 0) is 0 Å². The molecule has 1 heterocycles. The van der Waals surface area contributed by atoms with Gasteiger partial charge in [0, 0.05) is 6.42 Å². The Labute approximate surface area is 66.2 Å². The highest BCUT2D eigenvalue weighted by molar-refractivity contribution is 5.93. The molecule has 1 aromatic rings. The van der Waals surface area contributed by atoms with Gasteiger partial charge >= 0.3 is 0 Å². The van der Waals surface area contributed by atoms with Crippen LogP contribution in [0.3, 0.4) is 0 Å². The number of rotatable bonds is 2. The molecule has 0 aromatic carbocycles. The van der Waals surface area contributed by atoms with E-state index in [0.29, 0.717) is 12.2 Å². The summed E-state index contributed by atoms with van der Waals surface area (Å²) in [4.78, 5) is 11.1. The first kappa shape index (κ1) is 8.05. The standard InChI is InChI=1S/C9H12O2/c1-4-8(10)9-5-6(2)7(3)11-9/h5H,4H2,1-3H3. The van der Waals surface area contributed by atoms with Gasteiger partial charge in [0.2, 0.25) is 0 Å². The van der Waals surface area contributed by atoms with Gasteiger partial charge in [0.25, 0.3) is 0 Å². The van der Waals surface area contributed by atoms with Crippen LogP contribution in [0.4, 0.5) is 0 Å². The van der Waals surface area contributed by atoms with Crippen molar-refractivity contribution in [3.8, 4) is 0 Å². The molecule has 0 saturated carbocycles. The van der Waals surface area contributed by atoms with Gasteiger partial charge in [0.15, 0.2) is 11.5 Å². The Morgan fingerprint density at radius 3 is 2.55 bits per heavy atom. The fourth-order valence-corrected chi connectivity index (χ4v) is 0.885. The summed E-state index contributed by atoms with van der Waals surface area (Å²) >= 11 is 0. The predicted octanol–water partition coefficient (Wildman–Crippen LogP) is 2.49. The summed E-state index contributed by atoms with van der Waals surface area (Å²) < 4.78 is 5.22. The molecule has 0 atom stereocenters. The van der Waals surface area contributed by atoms with E-state index in [4.69, 9.17) is 4.42 Å². The number of Topliss-reactive ketones (excluding diaryl/α,β-unsaturated/α-hetero) is 1. The number of ketones is 1. The summed E-state index contributed by atoms with van der Waals surface area (Å²) in [6.45, 7) is 5.63. The fraction of sp³-hybridized carbons (Fsp3) is 0.444. The van der Waals surface area contributed by atoms with Gasteiger partial charge in [-0.15, -0.1) is 0 Å². The van der Waals surface area contributed by atoms with E-state index in [1.165, 1.54) is 0 Å². The van der Waals surface area contributed by atoms with Gasteiger partial charge in [-0.3, -0.25) is 4.79 Å². The van der Waals surface area contributed by atoms with E-state index in [1.54, 1.807) is 6.07 Å². The highest BCUT2D eigenvalue weighted by Gasteiger charge is 2.09. The van der Waals surface area contributed by atoms with E-state index in [-0.39, 0.29) is 5.78 Å². The van der Waals surface area contributed by atoms with E-state index in [9.17, 15) is 4.79 Å². The van der Waals surface area contributed by atoms with Crippen molar-refractivity contribution in [3.05, 3.63) is 23.2 Å². The molecule has 0 amide bonds. The first-order chi connectivity index (χ1) is 5.15. The minimum atomic E-state index is 0.0706. The molecule has 11 heavy (non-hydrogen) atoms. The van der Waals surface area contributed by atoms with Crippen molar-refractivity contribution in [2.24, 2.45) is 0 Å². The van der Waals surface area contributed by atoms with Crippen LogP contribution in [0.5, 0.6) is 0 Å². The molecule has 0 saturated heterocycles. The number of hydrogen-bond donors (Lipinski definition) is 0. The second kappa shape index (κ2) is 2.91. The van der Waals surface area contributed by atoms with Gasteiger partial charge in [0.05, 0.1) is 0 Å². The highest BCUT2D eigenvalue weighted by atomic mass is 16.3. The normalized spacial score (nSPS) is 10.1. The van der Waals surface area contributed by atoms with Crippen LogP contribution in [0.15, 0.2) is 10.5 Å². The van der Waals surface area contributed by atoms with Crippen molar-refractivity contribution in [2.45, 2.75) is 27.2 Å². The maximum atomic E-state index is 11.1. The third-order valence-corrected chi connectivity index (χ3v) is 1.76. The maximum absolute atomic E-state index is 11.1. The lowest BCUT2D eigenvalue weighted by Gasteiger charge is -1.88. The zero-order valence-electron chi connectivity index (χ0n) is 7.10. The highest BCUT2D eigenvalue weighted by Crippen LogP contribution is 2.14. The first-order valence-corrected chi connectivity index (χ1v) is 3.75. The second-order valence-corrected chi connectivity index (χ2v) is 2.63. The third-order valence-electron chi connectivity index (χ3n) is 1.76. The van der Waals surface area contributed by atoms with Crippen molar-refractivity contribution in [2.75, 3.05) is 0 Å². The zero-order chi connectivity index (χ0) is 8.43. The van der Waals surface area contributed by atoms with Crippen LogP contribution in [0.2, 0.25) is 0 Å². The van der Waals surface area contributed by atoms with E-state index in [0.717, 1.165) is 11.3 Å². The van der Waals surface area contributed by atoms with Crippen LogP contribution in [0.25, 0.3) is 0 Å². The molecule has 0 aliphatic carbocycles. The molecule has 0 fully saturated rings. The summed E-state index contributed by atoms with van der Waals surface area (Å²) in [6.07, 6.45) is 0.506. The average Bonchev–Trinajstić information content (AvgIpc) is 2.31. The summed E-state index contributed by atoms with van der Waals surface area (Å²) in [5, 5.41) is 0. The smallest absolute Gasteiger partial charge is 0.197 e. The summed E-state index contributed by atoms with van der Waals surface area (Å²) in [6, 6.07) is 1.79. The largest absolute Gasteiger partial charge is 0.458 e. The van der Waals surface area contributed by atoms with Crippen molar-refractivity contribution in [1.82, 2.24) is 0 Å². The Hall–Kier alpha value is -1.05. The Morgan fingerprint density at radius 1 is 1.55 bits per heavy atom. The molecule has 0 radical (unpaired) electrons. The number of hydrogen-bond acceptors (Lipinski definition) is 2. The van der Waals surface area contributed by atoms with Crippen molar-refractivity contribution < 1.29 is 9.21 Å². The van der Waals surface area contributed by atoms with Gasteiger partial charge in [0.1, 0.15) is 5.76 Å². The summed E-state index contributed by atoms with van der Waals surface area (Å²) in [7, 11) is 0. The van der Waals surface area contributed by atoms with Crippen LogP contribution in [-0.4, -0.2) is 5.78 Å². The molecule has 0 bridgehead atoms. The van der Waals surface area contributed by atoms with Crippen LogP contribution in [0, 0.1) is 13.8 Å². The van der Waals surface area contributed by atoms with Crippen molar-refractivity contribution in [1.29, 1.82) is 0 Å². The molecule has 1 rings (SSSR count). The Morgan fingerprint density at radius 2 is 2.18 bits per heavy atom. The minimum Gasteiger partial charge on any atom is -0.458 e. The summed E-state index contributed by atoms with van der Waals surface area (Å²) in [5.41, 5.74) is 1.04. The SMILES string of the molecule is CCC(=O)c1cc(C)c(C)o1. The van der Waals surface area contributed by atoms with Gasteiger partial charge in [-0.05, 0) is 25.5 Å². The first-order valence-electron chi connectivity index (χ1n) is 3.75. The van der Waals surface area contributed by atoms with Crippen molar-refractivity contribution in [3.63, 3.8) is 0 Å². The van der Waals surface area contributed by atoms with Gasteiger partial charge in [-0.1, -0.05) is 6.92 Å². The van der Waals surface area contributed by atoms with Gasteiger partial charge < -0.3 is 4.42 Å². The lowest BCUT2D eigenvalue weighted by atomic mass is 10.2. The number of carbonyl (C=O) groups is 1. The number of furan rings is 1. The lowest BCUT2D eigenvalue weighted by molar-refractivity contribution is 0.0960. The quantitative estimate of drug-likeness (QED) is 0.609. The molecular formula is C9H12O2. The Bertz CT molecular complexity index is 252. The van der Waals surface area contributed by atoms with E-state index < -0.39 is 0 Å². The maximum Gasteiger partial charge on any atom is 0.197 e.